The van der Waals surface area contributed by atoms with Crippen molar-refractivity contribution in [3.8, 4) is 0 Å². The first-order chi connectivity index (χ1) is 12.4. The van der Waals surface area contributed by atoms with Gasteiger partial charge in [0.25, 0.3) is 0 Å². The summed E-state index contributed by atoms with van der Waals surface area (Å²) in [5.41, 5.74) is 1.09. The van der Waals surface area contributed by atoms with Crippen LogP contribution in [0.5, 0.6) is 0 Å². The van der Waals surface area contributed by atoms with E-state index < -0.39 is 5.97 Å². The van der Waals surface area contributed by atoms with E-state index in [1.165, 1.54) is 64.2 Å². The molecule has 4 fully saturated rings. The summed E-state index contributed by atoms with van der Waals surface area (Å²) in [4.78, 5) is 10.9. The second-order valence-corrected chi connectivity index (χ2v) is 11.0. The third kappa shape index (κ3) is 2.85. The Kier molecular flexibility index (Phi) is 4.93. The van der Waals surface area contributed by atoms with Crippen molar-refractivity contribution < 1.29 is 9.90 Å². The molecule has 26 heavy (non-hydrogen) atoms. The van der Waals surface area contributed by atoms with Gasteiger partial charge in [-0.05, 0) is 111 Å². The maximum Gasteiger partial charge on any atom is 0.0414 e. The number of carboxylic acid groups (broad SMARTS) is 1. The first-order valence-electron chi connectivity index (χ1n) is 11.6. The third-order valence-electron chi connectivity index (χ3n) is 10.1. The van der Waals surface area contributed by atoms with Crippen molar-refractivity contribution in [1.29, 1.82) is 0 Å². The molecule has 8 unspecified atom stereocenters. The Morgan fingerprint density at radius 2 is 1.73 bits per heavy atom. The Balaban J connectivity index is 1.52. The van der Waals surface area contributed by atoms with Gasteiger partial charge in [0, 0.05) is 5.97 Å². The number of hydrogen-bond donors (Lipinski definition) is 0. The molecule has 2 heteroatoms. The second kappa shape index (κ2) is 6.82. The summed E-state index contributed by atoms with van der Waals surface area (Å²) in [6.45, 7) is 7.55. The molecule has 4 aliphatic rings. The van der Waals surface area contributed by atoms with Crippen molar-refractivity contribution in [2.45, 2.75) is 97.8 Å². The lowest BCUT2D eigenvalue weighted by molar-refractivity contribution is -0.306. The Hall–Kier alpha value is -0.530. The average Bonchev–Trinajstić information content (AvgIpc) is 2.96. The van der Waals surface area contributed by atoms with E-state index in [9.17, 15) is 9.90 Å². The predicted molar refractivity (Wildman–Crippen MR) is 103 cm³/mol. The highest BCUT2D eigenvalue weighted by molar-refractivity contribution is 5.64. The summed E-state index contributed by atoms with van der Waals surface area (Å²) < 4.78 is 0. The van der Waals surface area contributed by atoms with E-state index in [1.54, 1.807) is 0 Å². The number of carboxylic acids is 1. The van der Waals surface area contributed by atoms with Gasteiger partial charge in [-0.3, -0.25) is 0 Å². The van der Waals surface area contributed by atoms with Gasteiger partial charge >= 0.3 is 0 Å². The molecular formula is C24H39O2-. The average molecular weight is 360 g/mol. The minimum atomic E-state index is -0.871. The second-order valence-electron chi connectivity index (χ2n) is 11.0. The summed E-state index contributed by atoms with van der Waals surface area (Å²) in [6.07, 6.45) is 15.5. The van der Waals surface area contributed by atoms with Crippen LogP contribution in [0.15, 0.2) is 0 Å². The van der Waals surface area contributed by atoms with Crippen molar-refractivity contribution in [3.63, 3.8) is 0 Å². The predicted octanol–water partition coefficient (Wildman–Crippen LogP) is 5.20. The molecule has 0 amide bonds. The van der Waals surface area contributed by atoms with Crippen molar-refractivity contribution in [2.24, 2.45) is 46.3 Å². The van der Waals surface area contributed by atoms with Crippen LogP contribution in [0.25, 0.3) is 0 Å². The minimum Gasteiger partial charge on any atom is -0.550 e. The topological polar surface area (TPSA) is 40.1 Å². The summed E-state index contributed by atoms with van der Waals surface area (Å²) >= 11 is 0. The zero-order valence-electron chi connectivity index (χ0n) is 17.3. The fraction of sp³-hybridized carbons (Fsp3) is 0.958. The zero-order chi connectivity index (χ0) is 18.5. The lowest BCUT2D eigenvalue weighted by Gasteiger charge is -2.61. The van der Waals surface area contributed by atoms with Crippen LogP contribution in [0.4, 0.5) is 0 Å². The molecule has 8 atom stereocenters. The normalized spacial score (nSPS) is 49.0. The number of aliphatic carboxylic acids is 1. The Morgan fingerprint density at radius 3 is 2.50 bits per heavy atom. The Labute approximate surface area is 160 Å². The molecule has 0 bridgehead atoms. The summed E-state index contributed by atoms with van der Waals surface area (Å²) in [5.74, 6) is 4.20. The standard InChI is InChI=1S/C24H40O2/c1-16(7-12-22(25)26)19-10-11-20-18-9-8-17-6-4-5-14-23(17,2)21(18)13-15-24(19,20)3/h16-21H,4-15H2,1-3H3,(H,25,26)/p-1. The highest BCUT2D eigenvalue weighted by atomic mass is 16.4. The fourth-order valence-corrected chi connectivity index (χ4v) is 8.82. The van der Waals surface area contributed by atoms with Gasteiger partial charge in [0.2, 0.25) is 0 Å². The largest absolute Gasteiger partial charge is 0.550 e. The van der Waals surface area contributed by atoms with E-state index >= 15 is 0 Å². The minimum absolute atomic E-state index is 0.240. The van der Waals surface area contributed by atoms with Gasteiger partial charge in [0.15, 0.2) is 0 Å². The molecule has 2 nitrogen and oxygen atoms in total. The molecule has 0 aromatic rings. The van der Waals surface area contributed by atoms with Gasteiger partial charge in [-0.2, -0.15) is 0 Å². The first kappa shape index (κ1) is 18.8. The molecule has 0 saturated heterocycles. The smallest absolute Gasteiger partial charge is 0.0414 e. The number of hydrogen-bond acceptors (Lipinski definition) is 2. The van der Waals surface area contributed by atoms with E-state index in [0.29, 0.717) is 16.7 Å². The summed E-state index contributed by atoms with van der Waals surface area (Å²) in [7, 11) is 0. The van der Waals surface area contributed by atoms with Crippen LogP contribution < -0.4 is 5.11 Å². The highest BCUT2D eigenvalue weighted by Gasteiger charge is 2.59. The zero-order valence-corrected chi connectivity index (χ0v) is 17.3. The van der Waals surface area contributed by atoms with Crippen LogP contribution in [0.3, 0.4) is 0 Å². The molecule has 4 saturated carbocycles. The lowest BCUT2D eigenvalue weighted by Crippen LogP contribution is -2.53. The number of fused-ring (bicyclic) bond motifs is 5. The molecule has 4 rings (SSSR count). The molecule has 0 heterocycles. The molecule has 0 aromatic carbocycles. The van der Waals surface area contributed by atoms with E-state index in [0.717, 1.165) is 36.0 Å². The molecule has 148 valence electrons. The third-order valence-corrected chi connectivity index (χ3v) is 10.1. The van der Waals surface area contributed by atoms with Crippen molar-refractivity contribution in [2.75, 3.05) is 0 Å². The van der Waals surface area contributed by atoms with Crippen molar-refractivity contribution >= 4 is 5.97 Å². The van der Waals surface area contributed by atoms with Gasteiger partial charge < -0.3 is 9.90 Å². The number of carbonyl (C=O) groups is 1. The van der Waals surface area contributed by atoms with E-state index in [2.05, 4.69) is 20.8 Å². The van der Waals surface area contributed by atoms with E-state index in [-0.39, 0.29) is 6.42 Å². The van der Waals surface area contributed by atoms with Crippen LogP contribution in [0.2, 0.25) is 0 Å². The van der Waals surface area contributed by atoms with Crippen molar-refractivity contribution in [3.05, 3.63) is 0 Å². The van der Waals surface area contributed by atoms with E-state index in [1.807, 2.05) is 0 Å². The summed E-state index contributed by atoms with van der Waals surface area (Å²) in [6, 6.07) is 0. The fourth-order valence-electron chi connectivity index (χ4n) is 8.82. The molecule has 4 aliphatic carbocycles. The molecular weight excluding hydrogens is 320 g/mol. The van der Waals surface area contributed by atoms with Gasteiger partial charge in [-0.1, -0.05) is 33.6 Å². The molecule has 0 aromatic heterocycles. The molecule has 0 N–H and O–H groups in total. The Morgan fingerprint density at radius 1 is 0.962 bits per heavy atom. The maximum atomic E-state index is 10.9. The monoisotopic (exact) mass is 359 g/mol. The van der Waals surface area contributed by atoms with Gasteiger partial charge in [0.05, 0.1) is 0 Å². The van der Waals surface area contributed by atoms with Gasteiger partial charge in [-0.25, -0.2) is 0 Å². The maximum absolute atomic E-state index is 10.9. The summed E-state index contributed by atoms with van der Waals surface area (Å²) in [5, 5.41) is 10.9. The molecule has 0 spiro atoms. The number of rotatable bonds is 4. The van der Waals surface area contributed by atoms with Crippen molar-refractivity contribution in [1.82, 2.24) is 0 Å². The molecule has 0 radical (unpaired) electrons. The van der Waals surface area contributed by atoms with Crippen LogP contribution in [0, 0.1) is 46.3 Å². The quantitative estimate of drug-likeness (QED) is 0.692. The first-order valence-corrected chi connectivity index (χ1v) is 11.6. The van der Waals surface area contributed by atoms with Crippen LogP contribution in [-0.2, 0) is 4.79 Å². The Bertz CT molecular complexity index is 542. The lowest BCUT2D eigenvalue weighted by atomic mass is 9.44. The van der Waals surface area contributed by atoms with Crippen LogP contribution in [0.1, 0.15) is 97.8 Å². The van der Waals surface area contributed by atoms with Gasteiger partial charge in [-0.15, -0.1) is 0 Å². The number of carbonyl (C=O) groups excluding carboxylic acids is 1. The SMILES string of the molecule is CC(CCC(=O)[O-])C1CCC2C3CCC4CCCCC4(C)C3CCC12C. The van der Waals surface area contributed by atoms with E-state index in [4.69, 9.17) is 0 Å². The van der Waals surface area contributed by atoms with Gasteiger partial charge in [0.1, 0.15) is 0 Å². The molecule has 0 aliphatic heterocycles. The highest BCUT2D eigenvalue weighted by Crippen LogP contribution is 2.68. The van der Waals surface area contributed by atoms with Crippen LogP contribution in [-0.4, -0.2) is 5.97 Å². The van der Waals surface area contributed by atoms with Crippen LogP contribution >= 0.6 is 0 Å².